The van der Waals surface area contributed by atoms with Crippen molar-refractivity contribution < 1.29 is 27.1 Å². The van der Waals surface area contributed by atoms with Crippen molar-refractivity contribution in [1.29, 1.82) is 0 Å². The molecular formula is C29H26F4N4O2. The van der Waals surface area contributed by atoms with Gasteiger partial charge in [-0.25, -0.2) is 14.8 Å². The number of hydrogen-bond acceptors (Lipinski definition) is 4. The number of aromatic nitrogens is 3. The van der Waals surface area contributed by atoms with Crippen molar-refractivity contribution in [2.24, 2.45) is 7.05 Å². The van der Waals surface area contributed by atoms with Gasteiger partial charge in [0, 0.05) is 49.4 Å². The first-order valence-corrected chi connectivity index (χ1v) is 12.5. The number of piperidine rings is 1. The number of hydrogen-bond donors (Lipinski definition) is 0. The molecule has 2 aromatic carbocycles. The molecule has 5 rings (SSSR count). The molecule has 0 spiro atoms. The highest BCUT2D eigenvalue weighted by Gasteiger charge is 2.32. The topological polar surface area (TPSA) is 60.2 Å². The Morgan fingerprint density at radius 2 is 1.74 bits per heavy atom. The van der Waals surface area contributed by atoms with Gasteiger partial charge < -0.3 is 14.2 Å². The molecule has 1 aliphatic heterocycles. The second-order valence-electron chi connectivity index (χ2n) is 9.47. The van der Waals surface area contributed by atoms with Crippen molar-refractivity contribution in [2.45, 2.75) is 31.5 Å². The molecule has 0 N–H and O–H groups in total. The van der Waals surface area contributed by atoms with Crippen molar-refractivity contribution >= 4 is 6.09 Å². The maximum atomic E-state index is 14.1. The number of nitrogens with zero attached hydrogens (tertiary/aromatic N) is 4. The number of rotatable bonds is 5. The van der Waals surface area contributed by atoms with Gasteiger partial charge in [-0.3, -0.25) is 0 Å². The number of amides is 1. The van der Waals surface area contributed by atoms with E-state index in [1.165, 1.54) is 18.3 Å². The Bertz CT molecular complexity index is 1460. The van der Waals surface area contributed by atoms with Gasteiger partial charge in [0.15, 0.2) is 0 Å². The zero-order valence-corrected chi connectivity index (χ0v) is 21.2. The summed E-state index contributed by atoms with van der Waals surface area (Å²) in [4.78, 5) is 22.7. The molecule has 2 aromatic heterocycles. The highest BCUT2D eigenvalue weighted by molar-refractivity contribution is 5.79. The van der Waals surface area contributed by atoms with Gasteiger partial charge in [-0.1, -0.05) is 42.5 Å². The van der Waals surface area contributed by atoms with Crippen molar-refractivity contribution in [3.05, 3.63) is 95.8 Å². The summed E-state index contributed by atoms with van der Waals surface area (Å²) in [5.74, 6) is -0.0994. The Labute approximate surface area is 222 Å². The summed E-state index contributed by atoms with van der Waals surface area (Å²) in [6.07, 6.45) is -2.41. The Hall–Kier alpha value is -4.21. The first-order chi connectivity index (χ1) is 18.7. The minimum atomic E-state index is -4.52. The van der Waals surface area contributed by atoms with E-state index >= 15 is 0 Å². The molecule has 1 fully saturated rings. The zero-order chi connectivity index (χ0) is 27.6. The maximum absolute atomic E-state index is 14.1. The average Bonchev–Trinajstić information content (AvgIpc) is 3.29. The molecule has 1 aliphatic rings. The van der Waals surface area contributed by atoms with Crippen molar-refractivity contribution in [3.8, 4) is 22.5 Å². The molecule has 10 heteroatoms. The molecule has 0 unspecified atom stereocenters. The molecular weight excluding hydrogens is 512 g/mol. The zero-order valence-electron chi connectivity index (χ0n) is 21.2. The number of ether oxygens (including phenoxy) is 1. The molecule has 0 aliphatic carbocycles. The number of halogens is 4. The molecule has 0 bridgehead atoms. The van der Waals surface area contributed by atoms with Gasteiger partial charge in [0.2, 0.25) is 5.95 Å². The van der Waals surface area contributed by atoms with E-state index in [0.717, 1.165) is 17.7 Å². The van der Waals surface area contributed by atoms with Crippen LogP contribution in [0.3, 0.4) is 0 Å². The Kier molecular flexibility index (Phi) is 7.36. The molecule has 4 aromatic rings. The van der Waals surface area contributed by atoms with Crippen molar-refractivity contribution in [2.75, 3.05) is 13.1 Å². The van der Waals surface area contributed by atoms with Crippen LogP contribution >= 0.6 is 0 Å². The molecule has 0 saturated carbocycles. The summed E-state index contributed by atoms with van der Waals surface area (Å²) in [5, 5.41) is 0. The molecule has 0 atom stereocenters. The van der Waals surface area contributed by atoms with E-state index in [1.54, 1.807) is 28.6 Å². The van der Waals surface area contributed by atoms with E-state index < -0.39 is 23.8 Å². The number of benzene rings is 2. The summed E-state index contributed by atoms with van der Waals surface area (Å²) in [7, 11) is 1.77. The smallest absolute Gasteiger partial charge is 0.416 e. The second-order valence-corrected chi connectivity index (χ2v) is 9.47. The largest absolute Gasteiger partial charge is 0.445 e. The Balaban J connectivity index is 1.40. The molecule has 1 saturated heterocycles. The molecule has 0 radical (unpaired) electrons. The lowest BCUT2D eigenvalue weighted by atomic mass is 9.96. The number of carbonyl (C=O) groups is 1. The van der Waals surface area contributed by atoms with Gasteiger partial charge in [-0.05, 0) is 36.6 Å². The summed E-state index contributed by atoms with van der Waals surface area (Å²) in [6, 6.07) is 17.2. The second kappa shape index (κ2) is 10.9. The Morgan fingerprint density at radius 3 is 2.44 bits per heavy atom. The van der Waals surface area contributed by atoms with Crippen LogP contribution in [0.4, 0.5) is 22.4 Å². The number of carbonyl (C=O) groups excluding carboxylic acids is 1. The number of likely N-dealkylation sites (tertiary alicyclic amines) is 1. The first-order valence-electron chi connectivity index (χ1n) is 12.5. The van der Waals surface area contributed by atoms with E-state index in [2.05, 4.69) is 4.98 Å². The van der Waals surface area contributed by atoms with Crippen molar-refractivity contribution in [3.63, 3.8) is 0 Å². The average molecular weight is 539 g/mol. The van der Waals surface area contributed by atoms with Crippen LogP contribution in [0.25, 0.3) is 22.5 Å². The maximum Gasteiger partial charge on any atom is 0.416 e. The summed E-state index contributed by atoms with van der Waals surface area (Å²) in [6.45, 7) is 1.08. The predicted octanol–water partition coefficient (Wildman–Crippen LogP) is 6.82. The summed E-state index contributed by atoms with van der Waals surface area (Å²) >= 11 is 0. The Morgan fingerprint density at radius 1 is 1.00 bits per heavy atom. The predicted molar refractivity (Wildman–Crippen MR) is 137 cm³/mol. The molecule has 39 heavy (non-hydrogen) atoms. The third-order valence-corrected chi connectivity index (χ3v) is 6.92. The fourth-order valence-electron chi connectivity index (χ4n) is 4.94. The lowest BCUT2D eigenvalue weighted by molar-refractivity contribution is -0.137. The fourth-order valence-corrected chi connectivity index (χ4v) is 4.94. The van der Waals surface area contributed by atoms with Gasteiger partial charge >= 0.3 is 12.3 Å². The van der Waals surface area contributed by atoms with Crippen molar-refractivity contribution in [1.82, 2.24) is 19.4 Å². The van der Waals surface area contributed by atoms with Gasteiger partial charge in [-0.15, -0.1) is 0 Å². The van der Waals surface area contributed by atoms with Crippen LogP contribution in [-0.2, 0) is 24.6 Å². The first kappa shape index (κ1) is 26.4. The number of imidazole rings is 1. The normalized spacial score (nSPS) is 14.4. The lowest BCUT2D eigenvalue weighted by Gasteiger charge is -2.31. The molecule has 1 amide bonds. The van der Waals surface area contributed by atoms with E-state index in [0.29, 0.717) is 48.7 Å². The van der Waals surface area contributed by atoms with Gasteiger partial charge in [0.1, 0.15) is 12.4 Å². The van der Waals surface area contributed by atoms with Crippen LogP contribution in [-0.4, -0.2) is 38.6 Å². The van der Waals surface area contributed by atoms with Gasteiger partial charge in [0.05, 0.1) is 17.0 Å². The standard InChI is InChI=1S/C29H26F4N4O2/c1-36-26(22-10-13-34-24(30)17-22)25(21-8-5-9-23(16-21)29(31,32)33)35-27(36)20-11-14-37(15-12-20)28(38)39-18-19-6-3-2-4-7-19/h2-10,13,16-17,20H,11-12,14-15,18H2,1H3. The van der Waals surface area contributed by atoms with E-state index in [-0.39, 0.29) is 18.1 Å². The highest BCUT2D eigenvalue weighted by Crippen LogP contribution is 2.39. The molecule has 3 heterocycles. The number of pyridine rings is 1. The van der Waals surface area contributed by atoms with Crippen LogP contribution in [0.2, 0.25) is 0 Å². The number of alkyl halides is 3. The van der Waals surface area contributed by atoms with E-state index in [9.17, 15) is 22.4 Å². The van der Waals surface area contributed by atoms with Gasteiger partial charge in [-0.2, -0.15) is 17.6 Å². The minimum Gasteiger partial charge on any atom is -0.445 e. The van der Waals surface area contributed by atoms with Crippen LogP contribution in [0.1, 0.15) is 35.7 Å². The highest BCUT2D eigenvalue weighted by atomic mass is 19.4. The SMILES string of the molecule is Cn1c(C2CCN(C(=O)OCc3ccccc3)CC2)nc(-c2cccc(C(F)(F)F)c2)c1-c1ccnc(F)c1. The molecule has 202 valence electrons. The van der Waals surface area contributed by atoms with E-state index in [1.807, 2.05) is 30.3 Å². The quantitative estimate of drug-likeness (QED) is 0.207. The monoisotopic (exact) mass is 538 g/mol. The summed E-state index contributed by atoms with van der Waals surface area (Å²) < 4.78 is 61.7. The molecule has 6 nitrogen and oxygen atoms in total. The minimum absolute atomic E-state index is 0.0573. The third kappa shape index (κ3) is 5.79. The lowest BCUT2D eigenvalue weighted by Crippen LogP contribution is -2.38. The van der Waals surface area contributed by atoms with Crippen LogP contribution < -0.4 is 0 Å². The third-order valence-electron chi connectivity index (χ3n) is 6.92. The van der Waals surface area contributed by atoms with E-state index in [4.69, 9.17) is 9.72 Å². The van der Waals surface area contributed by atoms with Crippen LogP contribution in [0.5, 0.6) is 0 Å². The van der Waals surface area contributed by atoms with Gasteiger partial charge in [0.25, 0.3) is 0 Å². The van der Waals surface area contributed by atoms with Crippen LogP contribution in [0, 0.1) is 5.95 Å². The van der Waals surface area contributed by atoms with Crippen LogP contribution in [0.15, 0.2) is 72.9 Å². The fraction of sp³-hybridized carbons (Fsp3) is 0.276. The summed E-state index contributed by atoms with van der Waals surface area (Å²) in [5.41, 5.74) is 1.67.